The van der Waals surface area contributed by atoms with Gasteiger partial charge in [0, 0.05) is 12.5 Å². The Kier molecular flexibility index (Phi) is 2.76. The Hall–Kier alpha value is -1.71. The monoisotopic (exact) mass is 208 g/mol. The van der Waals surface area contributed by atoms with Crippen LogP contribution in [-0.2, 0) is 0 Å². The third-order valence-electron chi connectivity index (χ3n) is 2.26. The molecule has 0 saturated carbocycles. The van der Waals surface area contributed by atoms with E-state index in [-0.39, 0.29) is 11.7 Å². The quantitative estimate of drug-likeness (QED) is 0.785. The summed E-state index contributed by atoms with van der Waals surface area (Å²) in [5.41, 5.74) is 5.56. The Morgan fingerprint density at radius 3 is 2.73 bits per heavy atom. The molecule has 1 aromatic carbocycles. The number of nitrogens with one attached hydrogen (secondary N) is 1. The molecule has 15 heavy (non-hydrogen) atoms. The second-order valence-electron chi connectivity index (χ2n) is 3.53. The molecule has 1 aliphatic heterocycles. The number of rotatable bonds is 3. The Labute approximate surface area is 87.7 Å². The molecule has 0 spiro atoms. The lowest BCUT2D eigenvalue weighted by Crippen LogP contribution is -2.19. The number of halogens is 1. The highest BCUT2D eigenvalue weighted by molar-refractivity contribution is 5.22. The number of benzene rings is 1. The highest BCUT2D eigenvalue weighted by Gasteiger charge is 2.13. The summed E-state index contributed by atoms with van der Waals surface area (Å²) in [5, 5.41) is 3.01. The van der Waals surface area contributed by atoms with E-state index in [1.54, 1.807) is 12.1 Å². The molecule has 0 saturated heterocycles. The molecule has 0 aromatic heterocycles. The summed E-state index contributed by atoms with van der Waals surface area (Å²) in [6.07, 6.45) is 1.93. The molecule has 0 unspecified atom stereocenters. The van der Waals surface area contributed by atoms with Gasteiger partial charge in [0.05, 0.1) is 12.4 Å². The zero-order chi connectivity index (χ0) is 10.7. The molecular weight excluding hydrogens is 195 g/mol. The van der Waals surface area contributed by atoms with Gasteiger partial charge >= 0.3 is 0 Å². The Morgan fingerprint density at radius 2 is 2.13 bits per heavy atom. The van der Waals surface area contributed by atoms with Crippen molar-refractivity contribution in [1.29, 1.82) is 0 Å². The van der Waals surface area contributed by atoms with Crippen molar-refractivity contribution in [3.05, 3.63) is 42.0 Å². The summed E-state index contributed by atoms with van der Waals surface area (Å²) in [5.74, 6) is 1.40. The number of nitrogens with two attached hydrogens (primary N) is 1. The van der Waals surface area contributed by atoms with E-state index in [4.69, 9.17) is 10.5 Å². The Balaban J connectivity index is 1.86. The minimum Gasteiger partial charge on any atom is -0.493 e. The number of ether oxygens (including phenoxy) is 1. The fourth-order valence-corrected chi connectivity index (χ4v) is 1.46. The van der Waals surface area contributed by atoms with Gasteiger partial charge in [0.25, 0.3) is 0 Å². The second-order valence-corrected chi connectivity index (χ2v) is 3.53. The molecule has 1 atom stereocenters. The van der Waals surface area contributed by atoms with Gasteiger partial charge in [-0.25, -0.2) is 4.39 Å². The van der Waals surface area contributed by atoms with Gasteiger partial charge in [-0.1, -0.05) is 0 Å². The molecule has 0 bridgehead atoms. The topological polar surface area (TPSA) is 47.3 Å². The van der Waals surface area contributed by atoms with Crippen LogP contribution in [-0.4, -0.2) is 13.2 Å². The maximum Gasteiger partial charge on any atom is 0.123 e. The van der Waals surface area contributed by atoms with E-state index in [1.807, 2.05) is 6.08 Å². The van der Waals surface area contributed by atoms with Crippen LogP contribution >= 0.6 is 0 Å². The normalized spacial score (nSPS) is 19.5. The molecule has 2 rings (SSSR count). The Bertz CT molecular complexity index is 361. The molecule has 3 N–H and O–H groups in total. The first-order chi connectivity index (χ1) is 7.24. The van der Waals surface area contributed by atoms with Crippen LogP contribution in [0.25, 0.3) is 0 Å². The first-order valence-electron chi connectivity index (χ1n) is 4.83. The van der Waals surface area contributed by atoms with Crippen LogP contribution in [0, 0.1) is 11.7 Å². The fourth-order valence-electron chi connectivity index (χ4n) is 1.46. The molecule has 4 heteroatoms. The number of hydrogen-bond donors (Lipinski definition) is 2. The van der Waals surface area contributed by atoms with Crippen LogP contribution in [0.4, 0.5) is 4.39 Å². The maximum absolute atomic E-state index is 12.6. The minimum absolute atomic E-state index is 0.256. The van der Waals surface area contributed by atoms with Gasteiger partial charge < -0.3 is 15.8 Å². The van der Waals surface area contributed by atoms with Gasteiger partial charge in [-0.15, -0.1) is 0 Å². The van der Waals surface area contributed by atoms with Crippen LogP contribution in [0.3, 0.4) is 0 Å². The lowest BCUT2D eigenvalue weighted by molar-refractivity contribution is 0.279. The van der Waals surface area contributed by atoms with Gasteiger partial charge in [0.15, 0.2) is 0 Å². The van der Waals surface area contributed by atoms with Crippen LogP contribution in [0.2, 0.25) is 0 Å². The van der Waals surface area contributed by atoms with Crippen molar-refractivity contribution in [2.45, 2.75) is 0 Å². The van der Waals surface area contributed by atoms with Crippen molar-refractivity contribution >= 4 is 0 Å². The summed E-state index contributed by atoms with van der Waals surface area (Å²) in [4.78, 5) is 0. The maximum atomic E-state index is 12.6. The molecule has 0 radical (unpaired) electrons. The lowest BCUT2D eigenvalue weighted by atomic mass is 10.2. The summed E-state index contributed by atoms with van der Waals surface area (Å²) in [7, 11) is 0. The van der Waals surface area contributed by atoms with Gasteiger partial charge in [0.1, 0.15) is 11.6 Å². The standard InChI is InChI=1S/C11H13FN2O/c12-9-1-3-10(4-2-9)15-7-8-5-11(13)14-6-8/h1-5,8,14H,6-7,13H2/t8-/m0/s1. The lowest BCUT2D eigenvalue weighted by Gasteiger charge is -2.09. The molecule has 80 valence electrons. The molecule has 1 heterocycles. The van der Waals surface area contributed by atoms with E-state index in [1.165, 1.54) is 12.1 Å². The van der Waals surface area contributed by atoms with Gasteiger partial charge in [-0.2, -0.15) is 0 Å². The first kappa shape index (κ1) is 9.83. The van der Waals surface area contributed by atoms with Crippen molar-refractivity contribution in [3.63, 3.8) is 0 Å². The summed E-state index contributed by atoms with van der Waals surface area (Å²) < 4.78 is 18.1. The summed E-state index contributed by atoms with van der Waals surface area (Å²) in [6, 6.07) is 5.99. The summed E-state index contributed by atoms with van der Waals surface area (Å²) in [6.45, 7) is 1.35. The largest absolute Gasteiger partial charge is 0.493 e. The molecule has 0 aliphatic carbocycles. The van der Waals surface area contributed by atoms with E-state index in [2.05, 4.69) is 5.32 Å². The Morgan fingerprint density at radius 1 is 1.40 bits per heavy atom. The average Bonchev–Trinajstić information content (AvgIpc) is 2.64. The highest BCUT2D eigenvalue weighted by atomic mass is 19.1. The number of hydrogen-bond acceptors (Lipinski definition) is 3. The molecule has 0 amide bonds. The summed E-state index contributed by atoms with van der Waals surface area (Å²) >= 11 is 0. The third-order valence-corrected chi connectivity index (χ3v) is 2.26. The smallest absolute Gasteiger partial charge is 0.123 e. The third kappa shape index (κ3) is 2.62. The molecule has 3 nitrogen and oxygen atoms in total. The van der Waals surface area contributed by atoms with Crippen LogP contribution in [0.5, 0.6) is 5.75 Å². The van der Waals surface area contributed by atoms with E-state index >= 15 is 0 Å². The van der Waals surface area contributed by atoms with Crippen LogP contribution in [0.15, 0.2) is 36.2 Å². The SMILES string of the molecule is NC1=C[C@H](COc2ccc(F)cc2)CN1. The van der Waals surface area contributed by atoms with E-state index in [9.17, 15) is 4.39 Å². The van der Waals surface area contributed by atoms with E-state index in [0.717, 1.165) is 6.54 Å². The van der Waals surface area contributed by atoms with Gasteiger partial charge in [-0.3, -0.25) is 0 Å². The van der Waals surface area contributed by atoms with Crippen molar-refractivity contribution in [2.24, 2.45) is 11.7 Å². The minimum atomic E-state index is -0.256. The highest BCUT2D eigenvalue weighted by Crippen LogP contribution is 2.14. The predicted molar refractivity (Wildman–Crippen MR) is 55.7 cm³/mol. The van der Waals surface area contributed by atoms with Crippen molar-refractivity contribution < 1.29 is 9.13 Å². The average molecular weight is 208 g/mol. The molecule has 1 aromatic rings. The predicted octanol–water partition coefficient (Wildman–Crippen LogP) is 1.22. The molecule has 1 aliphatic rings. The van der Waals surface area contributed by atoms with Gasteiger partial charge in [-0.05, 0) is 30.3 Å². The van der Waals surface area contributed by atoms with Gasteiger partial charge in [0.2, 0.25) is 0 Å². The van der Waals surface area contributed by atoms with Crippen molar-refractivity contribution in [1.82, 2.24) is 5.32 Å². The van der Waals surface area contributed by atoms with E-state index < -0.39 is 0 Å². The first-order valence-corrected chi connectivity index (χ1v) is 4.83. The zero-order valence-corrected chi connectivity index (χ0v) is 8.24. The van der Waals surface area contributed by atoms with Crippen LogP contribution in [0.1, 0.15) is 0 Å². The van der Waals surface area contributed by atoms with E-state index in [0.29, 0.717) is 18.2 Å². The zero-order valence-electron chi connectivity index (χ0n) is 8.24. The van der Waals surface area contributed by atoms with Crippen molar-refractivity contribution in [3.8, 4) is 5.75 Å². The molecular formula is C11H13FN2O. The van der Waals surface area contributed by atoms with Crippen LogP contribution < -0.4 is 15.8 Å². The molecule has 0 fully saturated rings. The van der Waals surface area contributed by atoms with Crippen molar-refractivity contribution in [2.75, 3.05) is 13.2 Å². The second kappa shape index (κ2) is 4.21. The fraction of sp³-hybridized carbons (Fsp3) is 0.273.